The van der Waals surface area contributed by atoms with E-state index in [-0.39, 0.29) is 27.7 Å². The number of H-pyrrole nitrogens is 2. The molecule has 0 amide bonds. The topological polar surface area (TPSA) is 56.0 Å². The highest BCUT2D eigenvalue weighted by Crippen LogP contribution is 2.43. The Hall–Kier alpha value is -4.47. The van der Waals surface area contributed by atoms with Crippen LogP contribution in [-0.2, 0) is 21.7 Å². The number of aromatic amines is 2. The Morgan fingerprint density at radius 3 is 1.41 bits per heavy atom. The Morgan fingerprint density at radius 1 is 0.456 bits per heavy atom. The minimum atomic E-state index is -0.182. The van der Waals surface area contributed by atoms with E-state index in [0.29, 0.717) is 0 Å². The molecule has 8 heteroatoms. The molecule has 1 unspecified atom stereocenters. The van der Waals surface area contributed by atoms with Crippen LogP contribution >= 0.6 is 63.7 Å². The number of fused-ring (bicyclic) bond motifs is 7. The van der Waals surface area contributed by atoms with Crippen LogP contribution in [0.1, 0.15) is 139 Å². The molecule has 3 aliphatic rings. The molecule has 0 saturated carbocycles. The number of nitrogens with one attached hydrogen (secondary N) is 3. The molecular weight excluding hydrogens is 1100 g/mol. The number of rotatable bonds is 4. The second-order valence-electron chi connectivity index (χ2n) is 22.5. The van der Waals surface area contributed by atoms with E-state index >= 15 is 0 Å². The summed E-state index contributed by atoms with van der Waals surface area (Å²) < 4.78 is 3.93. The second kappa shape index (κ2) is 17.7. The van der Waals surface area contributed by atoms with Gasteiger partial charge in [-0.2, -0.15) is 0 Å². The number of halogens is 4. The van der Waals surface area contributed by atoms with Crippen LogP contribution in [0.4, 0.5) is 0 Å². The van der Waals surface area contributed by atoms with Crippen LogP contribution in [0, 0.1) is 0 Å². The molecular formula is C60H60Br4N4. The number of hydrogen-bond acceptors (Lipinski definition) is 2. The van der Waals surface area contributed by atoms with Gasteiger partial charge in [0.1, 0.15) is 0 Å². The maximum Gasteiger partial charge on any atom is 0.0738 e. The van der Waals surface area contributed by atoms with Gasteiger partial charge in [-0.1, -0.05) is 201 Å². The van der Waals surface area contributed by atoms with Crippen molar-refractivity contribution in [3.05, 3.63) is 217 Å². The van der Waals surface area contributed by atoms with Crippen molar-refractivity contribution >= 4 is 91.7 Å². The molecule has 5 heterocycles. The van der Waals surface area contributed by atoms with Crippen molar-refractivity contribution in [2.45, 2.75) is 111 Å². The Balaban J connectivity index is 1.45. The summed E-state index contributed by atoms with van der Waals surface area (Å²) in [6, 6.07) is 35.7. The molecule has 68 heavy (non-hydrogen) atoms. The van der Waals surface area contributed by atoms with Gasteiger partial charge in [0.2, 0.25) is 0 Å². The van der Waals surface area contributed by atoms with Gasteiger partial charge in [0.05, 0.1) is 17.5 Å². The van der Waals surface area contributed by atoms with E-state index in [1.54, 1.807) is 0 Å². The largest absolute Gasteiger partial charge is 0.374 e. The second-order valence-corrected chi connectivity index (χ2v) is 25.9. The lowest BCUT2D eigenvalue weighted by Crippen LogP contribution is -2.30. The predicted octanol–water partition coefficient (Wildman–Crippen LogP) is 15.8. The number of aliphatic imine (C=N–C) groups is 1. The third-order valence-corrected chi connectivity index (χ3v) is 16.0. The van der Waals surface area contributed by atoms with Gasteiger partial charge in [-0.05, 0) is 122 Å². The molecule has 4 nitrogen and oxygen atoms in total. The first-order valence-electron chi connectivity index (χ1n) is 23.4. The Bertz CT molecular complexity index is 3230. The molecule has 9 rings (SSSR count). The summed E-state index contributed by atoms with van der Waals surface area (Å²) in [4.78, 5) is 13.7. The smallest absolute Gasteiger partial charge is 0.0738 e. The fourth-order valence-corrected chi connectivity index (χ4v) is 12.1. The molecule has 8 bridgehead atoms. The first kappa shape index (κ1) is 48.5. The van der Waals surface area contributed by atoms with Crippen molar-refractivity contribution in [2.24, 2.45) is 4.99 Å². The highest BCUT2D eigenvalue weighted by molar-refractivity contribution is 9.11. The number of benzene rings is 4. The summed E-state index contributed by atoms with van der Waals surface area (Å²) in [5.74, 6) is 0. The highest BCUT2D eigenvalue weighted by Gasteiger charge is 2.31. The predicted molar refractivity (Wildman–Crippen MR) is 302 cm³/mol. The van der Waals surface area contributed by atoms with E-state index in [9.17, 15) is 0 Å². The summed E-state index contributed by atoms with van der Waals surface area (Å²) in [5, 5.41) is 6.10. The van der Waals surface area contributed by atoms with Crippen LogP contribution < -0.4 is 16.0 Å². The van der Waals surface area contributed by atoms with Gasteiger partial charge < -0.3 is 15.3 Å². The lowest BCUT2D eigenvalue weighted by molar-refractivity contribution is 0.567. The zero-order valence-corrected chi connectivity index (χ0v) is 47.4. The Morgan fingerprint density at radius 2 is 0.912 bits per heavy atom. The van der Waals surface area contributed by atoms with Crippen LogP contribution in [0.2, 0.25) is 0 Å². The summed E-state index contributed by atoms with van der Waals surface area (Å²) in [6.07, 6.45) is 8.96. The maximum absolute atomic E-state index is 5.67. The van der Waals surface area contributed by atoms with E-state index in [1.807, 2.05) is 0 Å². The number of aromatic nitrogens is 2. The number of hydrogen-bond donors (Lipinski definition) is 3. The summed E-state index contributed by atoms with van der Waals surface area (Å²) in [6.45, 7) is 27.6. The average Bonchev–Trinajstić information content (AvgIpc) is 4.09. The minimum absolute atomic E-state index is 0.0731. The lowest BCUT2D eigenvalue weighted by atomic mass is 9.78. The minimum Gasteiger partial charge on any atom is -0.374 e. The Labute approximate surface area is 436 Å². The molecule has 0 fully saturated rings. The molecule has 348 valence electrons. The molecule has 1 atom stereocenters. The molecule has 3 N–H and O–H groups in total. The summed E-state index contributed by atoms with van der Waals surface area (Å²) in [5.41, 5.74) is 18.2. The molecule has 3 aliphatic heterocycles. The fraction of sp³-hybridized carbons (Fsp3) is 0.283. The van der Waals surface area contributed by atoms with Crippen LogP contribution in [0.15, 0.2) is 156 Å². The van der Waals surface area contributed by atoms with Crippen molar-refractivity contribution in [1.29, 1.82) is 0 Å². The summed E-state index contributed by atoms with van der Waals surface area (Å²) >= 11 is 16.0. The highest BCUT2D eigenvalue weighted by atomic mass is 79.9. The molecule has 4 aromatic carbocycles. The average molecular weight is 1160 g/mol. The van der Waals surface area contributed by atoms with E-state index in [1.165, 1.54) is 27.8 Å². The molecule has 6 aromatic rings. The van der Waals surface area contributed by atoms with Crippen LogP contribution in [0.3, 0.4) is 0 Å². The molecule has 0 aliphatic carbocycles. The first-order chi connectivity index (χ1) is 31.9. The maximum atomic E-state index is 5.67. The standard InChI is InChI=1S/C60H60Br4N4/c1-57(2,3)35-27-33(28-36(31-35)58(4,5)6)51-43-19-23-47(65-43)55(53-39(61)15-13-16-40(53)62)49-25-21-45(67-49)52(34-29-37(59(7,8)9)32-38(30-34)60(10,11)12)46-22-26-50(68-46)56(48-24-20-44(51)66-48)54-41(63)17-14-18-42(54)64/h13-32,43,65-67H,1-12H3/b51-44-,52-46?,55-47+,56-48+. The molecule has 0 saturated heterocycles. The zero-order valence-electron chi connectivity index (χ0n) is 41.1. The van der Waals surface area contributed by atoms with Crippen LogP contribution in [0.5, 0.6) is 0 Å². The Kier molecular flexibility index (Phi) is 12.7. The first-order valence-corrected chi connectivity index (χ1v) is 26.6. The number of allylic oxidation sites excluding steroid dienone is 3. The van der Waals surface area contributed by atoms with Gasteiger partial charge in [0.25, 0.3) is 0 Å². The van der Waals surface area contributed by atoms with Gasteiger partial charge in [-0.15, -0.1) is 0 Å². The van der Waals surface area contributed by atoms with Gasteiger partial charge in [0, 0.05) is 79.1 Å². The zero-order chi connectivity index (χ0) is 48.8. The quantitative estimate of drug-likeness (QED) is 0.162. The van der Waals surface area contributed by atoms with Gasteiger partial charge in [-0.25, -0.2) is 4.99 Å². The molecule has 2 aromatic heterocycles. The normalized spacial score (nSPS) is 19.2. The number of nitrogens with zero attached hydrogens (tertiary/aromatic N) is 1. The molecule has 0 radical (unpaired) electrons. The van der Waals surface area contributed by atoms with Crippen molar-refractivity contribution in [2.75, 3.05) is 0 Å². The third kappa shape index (κ3) is 9.32. The van der Waals surface area contributed by atoms with E-state index in [2.05, 4.69) is 283 Å². The lowest BCUT2D eigenvalue weighted by Gasteiger charge is -2.28. The van der Waals surface area contributed by atoms with E-state index in [0.717, 1.165) is 96.1 Å². The SMILES string of the molecule is CC(C)(C)c1cc(C2=C3C=CC(=N3)/C(c3c(Br)cccc3Br)=c3/cc/c([nH]3)=C(\c3cc(C(C)(C)C)cc(C(C)(C)C)c3)C3C=C/C(=C(\c4c(Br)cccc4Br)c4ccc2[nH]4)N3)cc(C(C)(C)C)c1. The van der Waals surface area contributed by atoms with Crippen LogP contribution in [0.25, 0.3) is 22.3 Å². The van der Waals surface area contributed by atoms with Gasteiger partial charge >= 0.3 is 0 Å². The van der Waals surface area contributed by atoms with E-state index < -0.39 is 0 Å². The van der Waals surface area contributed by atoms with Crippen molar-refractivity contribution in [3.63, 3.8) is 0 Å². The van der Waals surface area contributed by atoms with Gasteiger partial charge in [0.15, 0.2) is 0 Å². The van der Waals surface area contributed by atoms with Crippen molar-refractivity contribution in [3.8, 4) is 0 Å². The van der Waals surface area contributed by atoms with Gasteiger partial charge in [-0.3, -0.25) is 0 Å². The summed E-state index contributed by atoms with van der Waals surface area (Å²) in [7, 11) is 0. The fourth-order valence-electron chi connectivity index (χ4n) is 9.32. The monoisotopic (exact) mass is 1150 g/mol. The van der Waals surface area contributed by atoms with Crippen molar-refractivity contribution in [1.82, 2.24) is 15.3 Å². The third-order valence-electron chi connectivity index (χ3n) is 13.3. The van der Waals surface area contributed by atoms with E-state index in [4.69, 9.17) is 4.99 Å². The van der Waals surface area contributed by atoms with Crippen LogP contribution in [-0.4, -0.2) is 21.7 Å². The van der Waals surface area contributed by atoms with Crippen molar-refractivity contribution < 1.29 is 0 Å². The molecule has 0 spiro atoms.